The van der Waals surface area contributed by atoms with Gasteiger partial charge in [-0.3, -0.25) is 0 Å². The number of carboxylic acids is 1. The molecule has 0 heterocycles. The van der Waals surface area contributed by atoms with Crippen molar-refractivity contribution < 1.29 is 19.4 Å². The van der Waals surface area contributed by atoms with Crippen LogP contribution in [0.2, 0.25) is 0 Å². The van der Waals surface area contributed by atoms with Crippen molar-refractivity contribution in [1.82, 2.24) is 10.6 Å². The fourth-order valence-corrected chi connectivity index (χ4v) is 2.01. The Hall–Kier alpha value is -2.24. The Labute approximate surface area is 130 Å². The zero-order valence-electron chi connectivity index (χ0n) is 13.2. The molecule has 0 fully saturated rings. The van der Waals surface area contributed by atoms with E-state index in [1.54, 1.807) is 7.11 Å². The lowest BCUT2D eigenvalue weighted by Gasteiger charge is -2.21. The average molecular weight is 307 g/mol. The Morgan fingerprint density at radius 1 is 1.23 bits per heavy atom. The van der Waals surface area contributed by atoms with Gasteiger partial charge in [0.1, 0.15) is 5.75 Å². The standard InChI is InChI=1S/C16H24N2O4/c1-11(2)10-14(15(19)20)18-16(21)17-9-8-12-4-6-13(22-3)7-5-12/h4-7,11,14H,8-10H2,1-3H3,(H,19,20)(H2,17,18,21)/p-1/t14-/m0/s1. The van der Waals surface area contributed by atoms with Gasteiger partial charge in [-0.05, 0) is 36.5 Å². The maximum atomic E-state index is 11.7. The lowest BCUT2D eigenvalue weighted by atomic mass is 10.0. The van der Waals surface area contributed by atoms with Gasteiger partial charge in [0, 0.05) is 6.54 Å². The number of hydrogen-bond donors (Lipinski definition) is 2. The summed E-state index contributed by atoms with van der Waals surface area (Å²) in [5, 5.41) is 16.0. The summed E-state index contributed by atoms with van der Waals surface area (Å²) in [6.07, 6.45) is 0.992. The SMILES string of the molecule is COc1ccc(CCNC(=O)N[C@@H](CC(C)C)C(=O)[O-])cc1. The molecule has 2 amide bonds. The molecule has 1 atom stereocenters. The van der Waals surface area contributed by atoms with Gasteiger partial charge in [0.05, 0.1) is 19.1 Å². The number of carboxylic acid groups (broad SMARTS) is 1. The summed E-state index contributed by atoms with van der Waals surface area (Å²) >= 11 is 0. The van der Waals surface area contributed by atoms with Gasteiger partial charge >= 0.3 is 6.03 Å². The van der Waals surface area contributed by atoms with Crippen LogP contribution in [0.1, 0.15) is 25.8 Å². The van der Waals surface area contributed by atoms with Crippen molar-refractivity contribution in [3.8, 4) is 5.75 Å². The Morgan fingerprint density at radius 3 is 2.36 bits per heavy atom. The number of carbonyl (C=O) groups is 2. The quantitative estimate of drug-likeness (QED) is 0.740. The Kier molecular flexibility index (Phi) is 7.22. The lowest BCUT2D eigenvalue weighted by molar-refractivity contribution is -0.308. The molecule has 0 saturated heterocycles. The number of rotatable bonds is 8. The molecule has 1 aromatic carbocycles. The van der Waals surface area contributed by atoms with Gasteiger partial charge in [-0.2, -0.15) is 0 Å². The summed E-state index contributed by atoms with van der Waals surface area (Å²) in [6.45, 7) is 4.19. The zero-order valence-corrected chi connectivity index (χ0v) is 13.2. The second-order valence-electron chi connectivity index (χ2n) is 5.50. The van der Waals surface area contributed by atoms with E-state index in [4.69, 9.17) is 4.74 Å². The summed E-state index contributed by atoms with van der Waals surface area (Å²) in [5.41, 5.74) is 1.06. The maximum absolute atomic E-state index is 11.7. The van der Waals surface area contributed by atoms with Crippen LogP contribution in [-0.4, -0.2) is 31.7 Å². The summed E-state index contributed by atoms with van der Waals surface area (Å²) in [4.78, 5) is 22.7. The van der Waals surface area contributed by atoms with E-state index < -0.39 is 18.0 Å². The van der Waals surface area contributed by atoms with Crippen molar-refractivity contribution in [3.63, 3.8) is 0 Å². The number of methoxy groups -OCH3 is 1. The number of ether oxygens (including phenoxy) is 1. The van der Waals surface area contributed by atoms with Gasteiger partial charge in [-0.1, -0.05) is 26.0 Å². The second kappa shape index (κ2) is 8.92. The molecule has 0 aromatic heterocycles. The first kappa shape index (κ1) is 17.8. The lowest BCUT2D eigenvalue weighted by Crippen LogP contribution is -2.51. The van der Waals surface area contributed by atoms with E-state index >= 15 is 0 Å². The minimum absolute atomic E-state index is 0.155. The highest BCUT2D eigenvalue weighted by molar-refractivity contribution is 5.81. The highest BCUT2D eigenvalue weighted by Crippen LogP contribution is 2.11. The summed E-state index contributed by atoms with van der Waals surface area (Å²) in [7, 11) is 1.60. The molecule has 122 valence electrons. The fourth-order valence-electron chi connectivity index (χ4n) is 2.01. The van der Waals surface area contributed by atoms with Crippen LogP contribution in [0.4, 0.5) is 4.79 Å². The molecule has 0 unspecified atom stereocenters. The van der Waals surface area contributed by atoms with Crippen LogP contribution in [-0.2, 0) is 11.2 Å². The van der Waals surface area contributed by atoms with Crippen LogP contribution in [0.15, 0.2) is 24.3 Å². The smallest absolute Gasteiger partial charge is 0.315 e. The third kappa shape index (κ3) is 6.47. The molecule has 0 saturated carbocycles. The van der Waals surface area contributed by atoms with E-state index in [-0.39, 0.29) is 5.92 Å². The Balaban J connectivity index is 2.36. The van der Waals surface area contributed by atoms with E-state index in [9.17, 15) is 14.7 Å². The molecule has 6 heteroatoms. The first-order valence-electron chi connectivity index (χ1n) is 7.30. The highest BCUT2D eigenvalue weighted by Gasteiger charge is 2.14. The van der Waals surface area contributed by atoms with Crippen LogP contribution in [0.5, 0.6) is 5.75 Å². The number of nitrogens with one attached hydrogen (secondary N) is 2. The van der Waals surface area contributed by atoms with Crippen molar-refractivity contribution in [1.29, 1.82) is 0 Å². The first-order chi connectivity index (χ1) is 10.4. The molecular weight excluding hydrogens is 284 g/mol. The minimum atomic E-state index is -1.26. The van der Waals surface area contributed by atoms with Gasteiger partial charge in [-0.15, -0.1) is 0 Å². The van der Waals surface area contributed by atoms with E-state index in [1.165, 1.54) is 0 Å². The average Bonchev–Trinajstić information content (AvgIpc) is 2.46. The largest absolute Gasteiger partial charge is 0.548 e. The third-order valence-corrected chi connectivity index (χ3v) is 3.16. The normalized spacial score (nSPS) is 11.8. The van der Waals surface area contributed by atoms with E-state index in [1.807, 2.05) is 38.1 Å². The predicted molar refractivity (Wildman–Crippen MR) is 81.5 cm³/mol. The van der Waals surface area contributed by atoms with Crippen molar-refractivity contribution >= 4 is 12.0 Å². The van der Waals surface area contributed by atoms with Crippen molar-refractivity contribution in [2.24, 2.45) is 5.92 Å². The molecule has 0 spiro atoms. The van der Waals surface area contributed by atoms with Gasteiger partial charge in [0.15, 0.2) is 0 Å². The van der Waals surface area contributed by atoms with Crippen LogP contribution >= 0.6 is 0 Å². The molecule has 6 nitrogen and oxygen atoms in total. The summed E-state index contributed by atoms with van der Waals surface area (Å²) < 4.78 is 5.07. The van der Waals surface area contributed by atoms with Crippen LogP contribution in [0.25, 0.3) is 0 Å². The van der Waals surface area contributed by atoms with Crippen molar-refractivity contribution in [2.45, 2.75) is 32.7 Å². The molecule has 1 rings (SSSR count). The van der Waals surface area contributed by atoms with E-state index in [0.717, 1.165) is 11.3 Å². The minimum Gasteiger partial charge on any atom is -0.548 e. The molecule has 22 heavy (non-hydrogen) atoms. The predicted octanol–water partition coefficient (Wildman–Crippen LogP) is 0.702. The zero-order chi connectivity index (χ0) is 16.5. The number of hydrogen-bond acceptors (Lipinski definition) is 4. The van der Waals surface area contributed by atoms with Crippen molar-refractivity contribution in [2.75, 3.05) is 13.7 Å². The molecule has 0 aliphatic heterocycles. The van der Waals surface area contributed by atoms with Gasteiger partial charge < -0.3 is 25.3 Å². The topological polar surface area (TPSA) is 90.5 Å². The number of benzene rings is 1. The van der Waals surface area contributed by atoms with Crippen molar-refractivity contribution in [3.05, 3.63) is 29.8 Å². The Morgan fingerprint density at radius 2 is 1.86 bits per heavy atom. The third-order valence-electron chi connectivity index (χ3n) is 3.16. The summed E-state index contributed by atoms with van der Waals surface area (Å²) in [5.74, 6) is -0.332. The number of aliphatic carboxylic acids is 1. The van der Waals surface area contributed by atoms with E-state index in [2.05, 4.69) is 10.6 Å². The van der Waals surface area contributed by atoms with Crippen LogP contribution in [0.3, 0.4) is 0 Å². The Bertz CT molecular complexity index is 485. The molecule has 0 radical (unpaired) electrons. The molecule has 2 N–H and O–H groups in total. The second-order valence-corrected chi connectivity index (χ2v) is 5.50. The van der Waals surface area contributed by atoms with Gasteiger partial charge in [0.2, 0.25) is 0 Å². The first-order valence-corrected chi connectivity index (χ1v) is 7.30. The van der Waals surface area contributed by atoms with E-state index in [0.29, 0.717) is 19.4 Å². The van der Waals surface area contributed by atoms with Crippen LogP contribution < -0.4 is 20.5 Å². The van der Waals surface area contributed by atoms with Crippen LogP contribution in [0, 0.1) is 5.92 Å². The fraction of sp³-hybridized carbons (Fsp3) is 0.500. The maximum Gasteiger partial charge on any atom is 0.315 e. The monoisotopic (exact) mass is 307 g/mol. The number of amides is 2. The summed E-state index contributed by atoms with van der Waals surface area (Å²) in [6, 6.07) is 6.07. The molecule has 0 bridgehead atoms. The highest BCUT2D eigenvalue weighted by atomic mass is 16.5. The molecule has 0 aliphatic rings. The van der Waals surface area contributed by atoms with Gasteiger partial charge in [0.25, 0.3) is 0 Å². The number of carbonyl (C=O) groups excluding carboxylic acids is 2. The number of urea groups is 1. The molecule has 0 aliphatic carbocycles. The molecule has 1 aromatic rings. The molecular formula is C16H23N2O4-. The van der Waals surface area contributed by atoms with Gasteiger partial charge in [-0.25, -0.2) is 4.79 Å².